The Bertz CT molecular complexity index is 555. The van der Waals surface area contributed by atoms with Gasteiger partial charge in [-0.2, -0.15) is 0 Å². The van der Waals surface area contributed by atoms with E-state index in [-0.39, 0.29) is 6.61 Å². The van der Waals surface area contributed by atoms with Gasteiger partial charge in [0.05, 0.1) is 44.1 Å². The average molecular weight is 308 g/mol. The molecule has 1 N–H and O–H groups in total. The summed E-state index contributed by atoms with van der Waals surface area (Å²) in [6.07, 6.45) is 4.88. The second-order valence-electron chi connectivity index (χ2n) is 5.10. The van der Waals surface area contributed by atoms with E-state index in [1.54, 1.807) is 11.3 Å². The summed E-state index contributed by atoms with van der Waals surface area (Å²) in [6, 6.07) is 0. The zero-order valence-corrected chi connectivity index (χ0v) is 12.8. The van der Waals surface area contributed by atoms with Crippen LogP contribution in [0.3, 0.4) is 0 Å². The number of thiazole rings is 1. The Morgan fingerprint density at radius 2 is 2.29 bits per heavy atom. The number of aliphatic hydroxyl groups is 1. The molecule has 1 aliphatic heterocycles. The number of hydrogen-bond acceptors (Lipinski definition) is 6. The van der Waals surface area contributed by atoms with Gasteiger partial charge in [-0.05, 0) is 6.42 Å². The fraction of sp³-hybridized carbons (Fsp3) is 0.571. The maximum atomic E-state index is 8.80. The van der Waals surface area contributed by atoms with E-state index in [1.165, 1.54) is 5.69 Å². The lowest BCUT2D eigenvalue weighted by molar-refractivity contribution is 0.0790. The van der Waals surface area contributed by atoms with Crippen molar-refractivity contribution in [1.29, 1.82) is 0 Å². The van der Waals surface area contributed by atoms with E-state index in [9.17, 15) is 0 Å². The average Bonchev–Trinajstić information content (AvgIpc) is 3.06. The van der Waals surface area contributed by atoms with Crippen LogP contribution in [0.25, 0.3) is 0 Å². The number of aliphatic hydroxyl groups excluding tert-OH is 1. The standard InChI is InChI=1S/C14H20N4O2S/c19-5-6-20-10-12-13-8-17(9-14-15-2-7-21-14)3-1-4-18(13)11-16-12/h2,7,11,19H,1,3-6,8-10H2. The highest BCUT2D eigenvalue weighted by Crippen LogP contribution is 2.19. The number of nitrogens with zero attached hydrogens (tertiary/aromatic N) is 4. The van der Waals surface area contributed by atoms with Crippen LogP contribution in [-0.4, -0.2) is 44.3 Å². The quantitative estimate of drug-likeness (QED) is 0.814. The van der Waals surface area contributed by atoms with Gasteiger partial charge in [0, 0.05) is 31.2 Å². The van der Waals surface area contributed by atoms with E-state index in [4.69, 9.17) is 9.84 Å². The number of hydrogen-bond donors (Lipinski definition) is 1. The van der Waals surface area contributed by atoms with Crippen molar-refractivity contribution in [3.05, 3.63) is 34.3 Å². The minimum Gasteiger partial charge on any atom is -0.394 e. The first-order chi connectivity index (χ1) is 10.4. The Labute approximate surface area is 128 Å². The van der Waals surface area contributed by atoms with Crippen molar-refractivity contribution in [2.45, 2.75) is 32.7 Å². The predicted molar refractivity (Wildman–Crippen MR) is 79.8 cm³/mol. The van der Waals surface area contributed by atoms with Crippen molar-refractivity contribution < 1.29 is 9.84 Å². The van der Waals surface area contributed by atoms with Gasteiger partial charge >= 0.3 is 0 Å². The summed E-state index contributed by atoms with van der Waals surface area (Å²) < 4.78 is 7.64. The first-order valence-corrected chi connectivity index (χ1v) is 8.07. The van der Waals surface area contributed by atoms with Gasteiger partial charge in [0.15, 0.2) is 0 Å². The molecule has 0 saturated heterocycles. The Kier molecular flexibility index (Phi) is 4.97. The highest BCUT2D eigenvalue weighted by atomic mass is 32.1. The number of aryl methyl sites for hydroxylation is 1. The summed E-state index contributed by atoms with van der Waals surface area (Å²) in [4.78, 5) is 11.2. The Morgan fingerprint density at radius 3 is 3.10 bits per heavy atom. The van der Waals surface area contributed by atoms with Crippen molar-refractivity contribution in [2.24, 2.45) is 0 Å². The molecule has 0 spiro atoms. The molecule has 0 radical (unpaired) electrons. The number of ether oxygens (including phenoxy) is 1. The monoisotopic (exact) mass is 308 g/mol. The molecule has 0 unspecified atom stereocenters. The zero-order chi connectivity index (χ0) is 14.5. The lowest BCUT2D eigenvalue weighted by Crippen LogP contribution is -2.23. The van der Waals surface area contributed by atoms with E-state index >= 15 is 0 Å². The Hall–Kier alpha value is -1.28. The molecule has 7 heteroatoms. The summed E-state index contributed by atoms with van der Waals surface area (Å²) in [5.74, 6) is 0. The molecule has 3 heterocycles. The predicted octanol–water partition coefficient (Wildman–Crippen LogP) is 1.25. The molecule has 0 bridgehead atoms. The fourth-order valence-electron chi connectivity index (χ4n) is 2.59. The van der Waals surface area contributed by atoms with Gasteiger partial charge in [0.1, 0.15) is 5.01 Å². The van der Waals surface area contributed by atoms with Gasteiger partial charge in [0.2, 0.25) is 0 Å². The van der Waals surface area contributed by atoms with Gasteiger partial charge in [-0.3, -0.25) is 4.90 Å². The van der Waals surface area contributed by atoms with Crippen LogP contribution >= 0.6 is 11.3 Å². The zero-order valence-electron chi connectivity index (χ0n) is 11.9. The summed E-state index contributed by atoms with van der Waals surface area (Å²) >= 11 is 1.70. The highest BCUT2D eigenvalue weighted by Gasteiger charge is 2.19. The van der Waals surface area contributed by atoms with E-state index < -0.39 is 0 Å². The van der Waals surface area contributed by atoms with Crippen LogP contribution in [-0.2, 0) is 31.0 Å². The molecule has 0 saturated carbocycles. The van der Waals surface area contributed by atoms with Crippen LogP contribution in [0.15, 0.2) is 17.9 Å². The van der Waals surface area contributed by atoms with Crippen LogP contribution in [0, 0.1) is 0 Å². The molecule has 0 aliphatic carbocycles. The molecule has 0 fully saturated rings. The van der Waals surface area contributed by atoms with E-state index in [0.29, 0.717) is 13.2 Å². The smallest absolute Gasteiger partial charge is 0.107 e. The summed E-state index contributed by atoms with van der Waals surface area (Å²) in [7, 11) is 0. The van der Waals surface area contributed by atoms with E-state index in [1.807, 2.05) is 17.9 Å². The van der Waals surface area contributed by atoms with Gasteiger partial charge in [0.25, 0.3) is 0 Å². The van der Waals surface area contributed by atoms with Crippen LogP contribution in [0.4, 0.5) is 0 Å². The van der Waals surface area contributed by atoms with Gasteiger partial charge in [-0.1, -0.05) is 0 Å². The van der Waals surface area contributed by atoms with Crippen molar-refractivity contribution in [2.75, 3.05) is 19.8 Å². The number of aromatic nitrogens is 3. The molecule has 0 amide bonds. The van der Waals surface area contributed by atoms with Gasteiger partial charge in [-0.25, -0.2) is 9.97 Å². The number of fused-ring (bicyclic) bond motifs is 1. The van der Waals surface area contributed by atoms with Gasteiger partial charge < -0.3 is 14.4 Å². The maximum absolute atomic E-state index is 8.80. The van der Waals surface area contributed by atoms with Crippen LogP contribution in [0.2, 0.25) is 0 Å². The van der Waals surface area contributed by atoms with Crippen molar-refractivity contribution >= 4 is 11.3 Å². The lowest BCUT2D eigenvalue weighted by atomic mass is 10.3. The van der Waals surface area contributed by atoms with E-state index in [0.717, 1.165) is 43.3 Å². The molecule has 1 aliphatic rings. The topological polar surface area (TPSA) is 63.4 Å². The molecule has 2 aromatic heterocycles. The van der Waals surface area contributed by atoms with Crippen LogP contribution in [0.1, 0.15) is 22.8 Å². The second kappa shape index (κ2) is 7.13. The maximum Gasteiger partial charge on any atom is 0.107 e. The SMILES string of the molecule is OCCOCc1ncn2c1CN(Cc1nccs1)CCC2. The first-order valence-electron chi connectivity index (χ1n) is 7.19. The molecule has 6 nitrogen and oxygen atoms in total. The molecular weight excluding hydrogens is 288 g/mol. The third-order valence-electron chi connectivity index (χ3n) is 3.60. The van der Waals surface area contributed by atoms with Crippen molar-refractivity contribution in [3.63, 3.8) is 0 Å². The lowest BCUT2D eigenvalue weighted by Gasteiger charge is -2.18. The van der Waals surface area contributed by atoms with Crippen molar-refractivity contribution in [1.82, 2.24) is 19.4 Å². The Morgan fingerprint density at radius 1 is 1.33 bits per heavy atom. The van der Waals surface area contributed by atoms with Gasteiger partial charge in [-0.15, -0.1) is 11.3 Å². The molecule has 3 rings (SSSR count). The summed E-state index contributed by atoms with van der Waals surface area (Å²) in [6.45, 7) is 4.70. The summed E-state index contributed by atoms with van der Waals surface area (Å²) in [5.41, 5.74) is 2.21. The molecule has 2 aromatic rings. The first kappa shape index (κ1) is 14.6. The number of imidazole rings is 1. The second-order valence-corrected chi connectivity index (χ2v) is 6.08. The molecular formula is C14H20N4O2S. The minimum absolute atomic E-state index is 0.0478. The molecule has 21 heavy (non-hydrogen) atoms. The Balaban J connectivity index is 1.69. The summed E-state index contributed by atoms with van der Waals surface area (Å²) in [5, 5.41) is 12.0. The molecule has 0 aromatic carbocycles. The third kappa shape index (κ3) is 3.68. The van der Waals surface area contributed by atoms with Crippen LogP contribution in [0.5, 0.6) is 0 Å². The normalized spacial score (nSPS) is 15.9. The van der Waals surface area contributed by atoms with E-state index in [2.05, 4.69) is 19.4 Å². The fourth-order valence-corrected chi connectivity index (χ4v) is 3.25. The van der Waals surface area contributed by atoms with Crippen molar-refractivity contribution in [3.8, 4) is 0 Å². The minimum atomic E-state index is 0.0478. The molecule has 0 atom stereocenters. The number of rotatable bonds is 6. The largest absolute Gasteiger partial charge is 0.394 e. The molecule has 114 valence electrons. The third-order valence-corrected chi connectivity index (χ3v) is 4.36. The highest BCUT2D eigenvalue weighted by molar-refractivity contribution is 7.09. The van der Waals surface area contributed by atoms with Crippen LogP contribution < -0.4 is 0 Å².